The van der Waals surface area contributed by atoms with Gasteiger partial charge in [-0.3, -0.25) is 15.0 Å². The minimum absolute atomic E-state index is 0.0212. The second-order valence-electron chi connectivity index (χ2n) is 5.89. The fraction of sp³-hybridized carbons (Fsp3) is 0.500. The molecule has 0 unspecified atom stereocenters. The van der Waals surface area contributed by atoms with Gasteiger partial charge in [0.2, 0.25) is 5.91 Å². The van der Waals surface area contributed by atoms with Crippen molar-refractivity contribution in [2.75, 3.05) is 37.6 Å². The van der Waals surface area contributed by atoms with Crippen molar-refractivity contribution in [3.05, 3.63) is 30.1 Å². The fourth-order valence-corrected chi connectivity index (χ4v) is 2.52. The maximum absolute atomic E-state index is 13.8. The van der Waals surface area contributed by atoms with E-state index in [1.165, 1.54) is 6.07 Å². The van der Waals surface area contributed by atoms with Crippen LogP contribution in [0.4, 0.5) is 14.9 Å². The Labute approximate surface area is 135 Å². The molecule has 1 aromatic rings. The number of halogens is 1. The van der Waals surface area contributed by atoms with Crippen LogP contribution in [0, 0.1) is 5.82 Å². The van der Waals surface area contributed by atoms with E-state index in [9.17, 15) is 14.0 Å². The number of piperazine rings is 1. The van der Waals surface area contributed by atoms with Gasteiger partial charge in [0, 0.05) is 32.2 Å². The van der Waals surface area contributed by atoms with Crippen LogP contribution in [0.1, 0.15) is 13.8 Å². The molecule has 126 valence electrons. The van der Waals surface area contributed by atoms with Gasteiger partial charge in [0.1, 0.15) is 5.82 Å². The van der Waals surface area contributed by atoms with Crippen LogP contribution in [0.3, 0.4) is 0 Å². The van der Waals surface area contributed by atoms with Crippen molar-refractivity contribution in [1.82, 2.24) is 15.5 Å². The number of amides is 3. The summed E-state index contributed by atoms with van der Waals surface area (Å²) in [5.74, 6) is -0.563. The van der Waals surface area contributed by atoms with E-state index in [4.69, 9.17) is 0 Å². The molecule has 2 N–H and O–H groups in total. The minimum Gasteiger partial charge on any atom is -0.367 e. The second kappa shape index (κ2) is 7.92. The first-order valence-electron chi connectivity index (χ1n) is 7.78. The highest BCUT2D eigenvalue weighted by molar-refractivity contribution is 5.95. The molecule has 0 bridgehead atoms. The van der Waals surface area contributed by atoms with Crippen LogP contribution in [0.5, 0.6) is 0 Å². The topological polar surface area (TPSA) is 64.7 Å². The lowest BCUT2D eigenvalue weighted by molar-refractivity contribution is -0.121. The summed E-state index contributed by atoms with van der Waals surface area (Å²) in [5, 5.41) is 4.91. The standard InChI is InChI=1S/C16H23FN4O2/c1-12(2)18-16(23)19-15(22)11-20-7-9-21(10-8-20)14-6-4-3-5-13(14)17/h3-6,12H,7-11H2,1-2H3,(H2,18,19,22,23). The van der Waals surface area contributed by atoms with Gasteiger partial charge in [0.05, 0.1) is 12.2 Å². The van der Waals surface area contributed by atoms with Crippen LogP contribution in [0.25, 0.3) is 0 Å². The van der Waals surface area contributed by atoms with Crippen LogP contribution in [0.15, 0.2) is 24.3 Å². The molecule has 0 aliphatic carbocycles. The number of hydrogen-bond donors (Lipinski definition) is 2. The number of urea groups is 1. The highest BCUT2D eigenvalue weighted by Crippen LogP contribution is 2.19. The summed E-state index contributed by atoms with van der Waals surface area (Å²) in [6, 6.07) is 6.19. The molecule has 0 spiro atoms. The van der Waals surface area contributed by atoms with Crippen LogP contribution in [-0.4, -0.2) is 55.6 Å². The molecule has 3 amide bonds. The predicted octanol–water partition coefficient (Wildman–Crippen LogP) is 1.18. The smallest absolute Gasteiger partial charge is 0.321 e. The quantitative estimate of drug-likeness (QED) is 0.874. The SMILES string of the molecule is CC(C)NC(=O)NC(=O)CN1CCN(c2ccccc2F)CC1. The van der Waals surface area contributed by atoms with Crippen LogP contribution >= 0.6 is 0 Å². The lowest BCUT2D eigenvalue weighted by Gasteiger charge is -2.35. The molecule has 1 aliphatic rings. The summed E-state index contributed by atoms with van der Waals surface area (Å²) in [4.78, 5) is 27.2. The molecule has 1 saturated heterocycles. The van der Waals surface area contributed by atoms with Gasteiger partial charge in [-0.1, -0.05) is 12.1 Å². The monoisotopic (exact) mass is 322 g/mol. The molecule has 7 heteroatoms. The zero-order valence-corrected chi connectivity index (χ0v) is 13.5. The van der Waals surface area contributed by atoms with Gasteiger partial charge < -0.3 is 10.2 Å². The summed E-state index contributed by atoms with van der Waals surface area (Å²) >= 11 is 0. The summed E-state index contributed by atoms with van der Waals surface area (Å²) in [6.45, 7) is 6.40. The molecular weight excluding hydrogens is 299 g/mol. The van der Waals surface area contributed by atoms with E-state index in [0.717, 1.165) is 0 Å². The molecule has 1 heterocycles. The molecule has 0 atom stereocenters. The Morgan fingerprint density at radius 2 is 1.83 bits per heavy atom. The van der Waals surface area contributed by atoms with Crippen LogP contribution in [-0.2, 0) is 4.79 Å². The van der Waals surface area contributed by atoms with E-state index < -0.39 is 6.03 Å². The van der Waals surface area contributed by atoms with Gasteiger partial charge in [-0.05, 0) is 26.0 Å². The third kappa shape index (κ3) is 5.21. The van der Waals surface area contributed by atoms with Crippen LogP contribution in [0.2, 0.25) is 0 Å². The van der Waals surface area contributed by atoms with Gasteiger partial charge >= 0.3 is 6.03 Å². The van der Waals surface area contributed by atoms with Gasteiger partial charge in [-0.25, -0.2) is 9.18 Å². The molecule has 2 rings (SSSR count). The summed E-state index contributed by atoms with van der Waals surface area (Å²) < 4.78 is 13.8. The number of hydrogen-bond acceptors (Lipinski definition) is 4. The van der Waals surface area contributed by atoms with E-state index in [2.05, 4.69) is 10.6 Å². The highest BCUT2D eigenvalue weighted by atomic mass is 19.1. The summed E-state index contributed by atoms with van der Waals surface area (Å²) in [6.07, 6.45) is 0. The number of nitrogens with one attached hydrogen (secondary N) is 2. The number of rotatable bonds is 4. The first-order chi connectivity index (χ1) is 11.0. The van der Waals surface area contributed by atoms with Crippen molar-refractivity contribution in [2.45, 2.75) is 19.9 Å². The largest absolute Gasteiger partial charge is 0.367 e. The van der Waals surface area contributed by atoms with Gasteiger partial charge in [0.25, 0.3) is 0 Å². The molecule has 0 radical (unpaired) electrons. The number of anilines is 1. The lowest BCUT2D eigenvalue weighted by Crippen LogP contribution is -2.51. The Balaban J connectivity index is 1.77. The predicted molar refractivity (Wildman–Crippen MR) is 86.9 cm³/mol. The lowest BCUT2D eigenvalue weighted by atomic mass is 10.2. The van der Waals surface area contributed by atoms with E-state index in [0.29, 0.717) is 31.9 Å². The zero-order valence-electron chi connectivity index (χ0n) is 13.5. The van der Waals surface area contributed by atoms with Crippen molar-refractivity contribution >= 4 is 17.6 Å². The third-order valence-corrected chi connectivity index (χ3v) is 3.61. The molecule has 1 aliphatic heterocycles. The van der Waals surface area contributed by atoms with Crippen LogP contribution < -0.4 is 15.5 Å². The van der Waals surface area contributed by atoms with Crippen molar-refractivity contribution in [3.8, 4) is 0 Å². The summed E-state index contributed by atoms with van der Waals surface area (Å²) in [5.41, 5.74) is 0.591. The average Bonchev–Trinajstić information content (AvgIpc) is 2.47. The molecule has 1 aromatic carbocycles. The average molecular weight is 322 g/mol. The first-order valence-corrected chi connectivity index (χ1v) is 7.78. The van der Waals surface area contributed by atoms with Gasteiger partial charge in [-0.15, -0.1) is 0 Å². The van der Waals surface area contributed by atoms with E-state index in [1.807, 2.05) is 29.7 Å². The van der Waals surface area contributed by atoms with Crippen molar-refractivity contribution in [3.63, 3.8) is 0 Å². The Kier molecular flexibility index (Phi) is 5.92. The Bertz CT molecular complexity index is 557. The first kappa shape index (κ1) is 17.2. The van der Waals surface area contributed by atoms with Gasteiger partial charge in [-0.2, -0.15) is 0 Å². The van der Waals surface area contributed by atoms with E-state index in [-0.39, 0.29) is 24.3 Å². The van der Waals surface area contributed by atoms with E-state index in [1.54, 1.807) is 12.1 Å². The minimum atomic E-state index is -0.477. The Hall–Kier alpha value is -2.15. The van der Waals surface area contributed by atoms with Crippen molar-refractivity contribution in [2.24, 2.45) is 0 Å². The van der Waals surface area contributed by atoms with Gasteiger partial charge in [0.15, 0.2) is 0 Å². The maximum atomic E-state index is 13.8. The van der Waals surface area contributed by atoms with Crippen molar-refractivity contribution in [1.29, 1.82) is 0 Å². The molecule has 0 saturated carbocycles. The number of benzene rings is 1. The second-order valence-corrected chi connectivity index (χ2v) is 5.89. The summed E-state index contributed by atoms with van der Waals surface area (Å²) in [7, 11) is 0. The number of carbonyl (C=O) groups excluding carboxylic acids is 2. The third-order valence-electron chi connectivity index (χ3n) is 3.61. The molecule has 23 heavy (non-hydrogen) atoms. The zero-order chi connectivity index (χ0) is 16.8. The number of nitrogens with zero attached hydrogens (tertiary/aromatic N) is 2. The number of carbonyl (C=O) groups is 2. The molecule has 1 fully saturated rings. The number of para-hydroxylation sites is 1. The fourth-order valence-electron chi connectivity index (χ4n) is 2.52. The highest BCUT2D eigenvalue weighted by Gasteiger charge is 2.21. The Morgan fingerprint density at radius 1 is 1.17 bits per heavy atom. The molecular formula is C16H23FN4O2. The molecule has 6 nitrogen and oxygen atoms in total. The maximum Gasteiger partial charge on any atom is 0.321 e. The van der Waals surface area contributed by atoms with E-state index >= 15 is 0 Å². The van der Waals surface area contributed by atoms with Crippen molar-refractivity contribution < 1.29 is 14.0 Å². The number of imide groups is 1. The Morgan fingerprint density at radius 3 is 2.43 bits per heavy atom. The molecule has 0 aromatic heterocycles. The normalized spacial score (nSPS) is 15.6.